The van der Waals surface area contributed by atoms with E-state index in [1.165, 1.54) is 12.0 Å². The molecule has 4 rings (SSSR count). The number of anilines is 2. The lowest BCUT2D eigenvalue weighted by atomic mass is 10.1. The van der Waals surface area contributed by atoms with Crippen molar-refractivity contribution >= 4 is 40.5 Å². The largest absolute Gasteiger partial charge is 0.497 e. The van der Waals surface area contributed by atoms with Crippen molar-refractivity contribution in [2.45, 2.75) is 19.0 Å². The van der Waals surface area contributed by atoms with Crippen molar-refractivity contribution in [3.8, 4) is 5.75 Å². The molecule has 0 radical (unpaired) electrons. The third kappa shape index (κ3) is 4.87. The molecule has 0 spiro atoms. The zero-order chi connectivity index (χ0) is 26.0. The lowest BCUT2D eigenvalue weighted by Gasteiger charge is -2.24. The zero-order valence-electron chi connectivity index (χ0n) is 18.8. The number of para-hydroxylation sites is 1. The van der Waals surface area contributed by atoms with Crippen LogP contribution in [-0.4, -0.2) is 35.0 Å². The van der Waals surface area contributed by atoms with Crippen molar-refractivity contribution in [1.82, 2.24) is 4.90 Å². The standard InChI is InChI=1S/C25H19F4N3O3S/c1-35-17-9-7-15(8-10-17)30-20(33)12-19-24(34)32(16-5-3-2-4-6-16)25(36)31(19)13-14-11-18(26)22(28)23(29)21(14)27/h2-11,19H,12-13H2,1H3,(H,30,33). The molecule has 6 nitrogen and oxygen atoms in total. The molecule has 1 N–H and O–H groups in total. The Morgan fingerprint density at radius 3 is 2.31 bits per heavy atom. The molecule has 3 aromatic carbocycles. The number of ether oxygens (including phenoxy) is 1. The number of methoxy groups -OCH3 is 1. The number of amides is 2. The van der Waals surface area contributed by atoms with E-state index >= 15 is 0 Å². The third-order valence-corrected chi connectivity index (χ3v) is 6.02. The topological polar surface area (TPSA) is 61.9 Å². The van der Waals surface area contributed by atoms with Crippen LogP contribution in [-0.2, 0) is 16.1 Å². The van der Waals surface area contributed by atoms with Gasteiger partial charge in [0.2, 0.25) is 5.91 Å². The molecule has 3 aromatic rings. The molecule has 1 heterocycles. The summed E-state index contributed by atoms with van der Waals surface area (Å²) in [6.45, 7) is -0.575. The fourth-order valence-electron chi connectivity index (χ4n) is 3.81. The third-order valence-electron chi connectivity index (χ3n) is 5.60. The van der Waals surface area contributed by atoms with Crippen LogP contribution in [0.1, 0.15) is 12.0 Å². The first kappa shape index (κ1) is 25.1. The molecule has 0 saturated carbocycles. The van der Waals surface area contributed by atoms with Gasteiger partial charge in [-0.15, -0.1) is 0 Å². The van der Waals surface area contributed by atoms with Gasteiger partial charge in [-0.1, -0.05) is 18.2 Å². The van der Waals surface area contributed by atoms with Crippen LogP contribution in [0.4, 0.5) is 28.9 Å². The summed E-state index contributed by atoms with van der Waals surface area (Å²) >= 11 is 5.44. The van der Waals surface area contributed by atoms with Gasteiger partial charge in [-0.2, -0.15) is 0 Å². The van der Waals surface area contributed by atoms with E-state index in [0.717, 1.165) is 4.90 Å². The number of rotatable bonds is 7. The summed E-state index contributed by atoms with van der Waals surface area (Å²) in [5.74, 6) is -7.68. The Kier molecular flexibility index (Phi) is 7.20. The van der Waals surface area contributed by atoms with E-state index in [1.807, 2.05) is 0 Å². The molecular formula is C25H19F4N3O3S. The molecule has 2 amide bonds. The fourth-order valence-corrected chi connectivity index (χ4v) is 4.20. The smallest absolute Gasteiger partial charge is 0.256 e. The monoisotopic (exact) mass is 517 g/mol. The summed E-state index contributed by atoms with van der Waals surface area (Å²) in [4.78, 5) is 28.5. The van der Waals surface area contributed by atoms with Gasteiger partial charge >= 0.3 is 0 Å². The van der Waals surface area contributed by atoms with Crippen LogP contribution in [0, 0.1) is 23.3 Å². The van der Waals surface area contributed by atoms with Crippen molar-refractivity contribution < 1.29 is 31.9 Å². The van der Waals surface area contributed by atoms with Gasteiger partial charge in [-0.3, -0.25) is 14.5 Å². The van der Waals surface area contributed by atoms with Crippen LogP contribution in [0.2, 0.25) is 0 Å². The quantitative estimate of drug-likeness (QED) is 0.212. The Bertz CT molecular complexity index is 1320. The molecule has 36 heavy (non-hydrogen) atoms. The van der Waals surface area contributed by atoms with Gasteiger partial charge in [-0.05, 0) is 54.7 Å². The number of thiocarbonyl (C=S) groups is 1. The van der Waals surface area contributed by atoms with Crippen molar-refractivity contribution in [2.75, 3.05) is 17.3 Å². The highest BCUT2D eigenvalue weighted by Crippen LogP contribution is 2.30. The number of nitrogens with one attached hydrogen (secondary N) is 1. The predicted molar refractivity (Wildman–Crippen MR) is 128 cm³/mol. The average Bonchev–Trinajstić information content (AvgIpc) is 3.10. The number of hydrogen-bond donors (Lipinski definition) is 1. The van der Waals surface area contributed by atoms with Crippen molar-refractivity contribution in [2.24, 2.45) is 0 Å². The molecule has 0 aliphatic carbocycles. The molecule has 1 unspecified atom stereocenters. The first-order valence-electron chi connectivity index (χ1n) is 10.7. The minimum Gasteiger partial charge on any atom is -0.497 e. The van der Waals surface area contributed by atoms with E-state index in [2.05, 4.69) is 5.32 Å². The number of nitrogens with zero attached hydrogens (tertiary/aromatic N) is 2. The van der Waals surface area contributed by atoms with Crippen molar-refractivity contribution in [3.05, 3.63) is 89.5 Å². The van der Waals surface area contributed by atoms with E-state index in [-0.39, 0.29) is 5.11 Å². The summed E-state index contributed by atoms with van der Waals surface area (Å²) in [6.07, 6.45) is -0.401. The van der Waals surface area contributed by atoms with Gasteiger partial charge < -0.3 is 15.0 Å². The maximum Gasteiger partial charge on any atom is 0.256 e. The van der Waals surface area contributed by atoms with Crippen LogP contribution in [0.15, 0.2) is 60.7 Å². The maximum absolute atomic E-state index is 14.4. The van der Waals surface area contributed by atoms with Gasteiger partial charge in [0.05, 0.1) is 19.2 Å². The van der Waals surface area contributed by atoms with Crippen LogP contribution in [0.3, 0.4) is 0 Å². The van der Waals surface area contributed by atoms with Crippen LogP contribution in [0.5, 0.6) is 5.75 Å². The van der Waals surface area contributed by atoms with E-state index in [1.54, 1.807) is 54.6 Å². The highest BCUT2D eigenvalue weighted by Gasteiger charge is 2.44. The van der Waals surface area contributed by atoms with Gasteiger partial charge in [-0.25, -0.2) is 17.6 Å². The summed E-state index contributed by atoms with van der Waals surface area (Å²) in [7, 11) is 1.50. The van der Waals surface area contributed by atoms with Gasteiger partial charge in [0.15, 0.2) is 28.4 Å². The molecule has 11 heteroatoms. The molecule has 0 aromatic heterocycles. The van der Waals surface area contributed by atoms with E-state index in [0.29, 0.717) is 23.2 Å². The number of carbonyl (C=O) groups is 2. The summed E-state index contributed by atoms with van der Waals surface area (Å²) in [5, 5.41) is 2.55. The zero-order valence-corrected chi connectivity index (χ0v) is 19.6. The van der Waals surface area contributed by atoms with Crippen LogP contribution in [0.25, 0.3) is 0 Å². The number of halogens is 4. The van der Waals surface area contributed by atoms with E-state index in [9.17, 15) is 27.2 Å². The highest BCUT2D eigenvalue weighted by molar-refractivity contribution is 7.80. The Labute approximate surface area is 209 Å². The molecule has 0 bridgehead atoms. The summed E-state index contributed by atoms with van der Waals surface area (Å²) < 4.78 is 60.7. The number of benzene rings is 3. The molecule has 1 atom stereocenters. The Balaban J connectivity index is 1.64. The SMILES string of the molecule is COc1ccc(NC(=O)CC2C(=O)N(c3ccccc3)C(=S)N2Cc2cc(F)c(F)c(F)c2F)cc1. The second-order valence-corrected chi connectivity index (χ2v) is 8.24. The Morgan fingerprint density at radius 2 is 1.67 bits per heavy atom. The molecule has 1 fully saturated rings. The summed E-state index contributed by atoms with van der Waals surface area (Å²) in [6, 6.07) is 14.0. The van der Waals surface area contributed by atoms with E-state index in [4.69, 9.17) is 17.0 Å². The van der Waals surface area contributed by atoms with Crippen molar-refractivity contribution in [3.63, 3.8) is 0 Å². The van der Waals surface area contributed by atoms with Crippen molar-refractivity contribution in [1.29, 1.82) is 0 Å². The molecule has 186 valence electrons. The number of hydrogen-bond acceptors (Lipinski definition) is 4. The minimum absolute atomic E-state index is 0.0991. The first-order valence-corrected chi connectivity index (χ1v) is 11.1. The second-order valence-electron chi connectivity index (χ2n) is 7.88. The van der Waals surface area contributed by atoms with Crippen LogP contribution < -0.4 is 15.0 Å². The number of carbonyl (C=O) groups excluding carboxylic acids is 2. The molecule has 1 aliphatic heterocycles. The van der Waals surface area contributed by atoms with Gasteiger partial charge in [0.25, 0.3) is 5.91 Å². The average molecular weight is 518 g/mol. The molecule has 1 saturated heterocycles. The van der Waals surface area contributed by atoms with Gasteiger partial charge in [0, 0.05) is 17.8 Å². The molecule has 1 aliphatic rings. The summed E-state index contributed by atoms with van der Waals surface area (Å²) in [5.41, 5.74) is 0.276. The second kappa shape index (κ2) is 10.3. The van der Waals surface area contributed by atoms with Crippen LogP contribution >= 0.6 is 12.2 Å². The minimum atomic E-state index is -1.98. The Morgan fingerprint density at radius 1 is 1.00 bits per heavy atom. The lowest BCUT2D eigenvalue weighted by Crippen LogP contribution is -2.37. The fraction of sp³-hybridized carbons (Fsp3) is 0.160. The maximum atomic E-state index is 14.4. The lowest BCUT2D eigenvalue weighted by molar-refractivity contribution is -0.124. The molecular weight excluding hydrogens is 498 g/mol. The predicted octanol–water partition coefficient (Wildman–Crippen LogP) is 4.78. The van der Waals surface area contributed by atoms with Gasteiger partial charge in [0.1, 0.15) is 11.8 Å². The normalized spacial score (nSPS) is 15.4. The highest BCUT2D eigenvalue weighted by atomic mass is 32.1. The van der Waals surface area contributed by atoms with E-state index < -0.39 is 59.7 Å². The Hall–Kier alpha value is -3.99. The first-order chi connectivity index (χ1) is 17.2.